The van der Waals surface area contributed by atoms with E-state index in [0.717, 1.165) is 5.56 Å². The lowest BCUT2D eigenvalue weighted by Gasteiger charge is -1.99. The predicted octanol–water partition coefficient (Wildman–Crippen LogP) is 3.12. The van der Waals surface area contributed by atoms with Crippen molar-refractivity contribution in [3.63, 3.8) is 0 Å². The zero-order chi connectivity index (χ0) is 15.8. The van der Waals surface area contributed by atoms with Gasteiger partial charge in [-0.2, -0.15) is 0 Å². The number of rotatable bonds is 2. The topological polar surface area (TPSA) is 77.3 Å². The number of nitrogens with zero attached hydrogens (tertiary/aromatic N) is 6. The van der Waals surface area contributed by atoms with E-state index in [9.17, 15) is 0 Å². The lowest BCUT2D eigenvalue weighted by molar-refractivity contribution is 0.865. The number of hydrogen-bond donors (Lipinski definition) is 0. The maximum atomic E-state index is 4.23. The predicted molar refractivity (Wildman–Crippen MR) is 84.8 cm³/mol. The first kappa shape index (κ1) is 15.6. The number of pyridine rings is 2. The molecule has 0 N–H and O–H groups in total. The summed E-state index contributed by atoms with van der Waals surface area (Å²) in [6, 6.07) is 9.28. The molecule has 22 heavy (non-hydrogen) atoms. The minimum absolute atomic E-state index is 0.400. The van der Waals surface area contributed by atoms with Crippen molar-refractivity contribution in [3.05, 3.63) is 48.3 Å². The fraction of sp³-hybridized carbons (Fsp3) is 0.250. The van der Waals surface area contributed by atoms with Crippen LogP contribution in [0.3, 0.4) is 0 Å². The number of aryl methyl sites for hydroxylation is 1. The molecule has 0 radical (unpaired) electrons. The van der Waals surface area contributed by atoms with E-state index in [2.05, 4.69) is 44.2 Å². The van der Waals surface area contributed by atoms with Crippen LogP contribution in [0.25, 0.3) is 23.0 Å². The van der Waals surface area contributed by atoms with Gasteiger partial charge in [-0.15, -0.1) is 20.4 Å². The van der Waals surface area contributed by atoms with Crippen molar-refractivity contribution in [3.8, 4) is 23.0 Å². The third-order valence-corrected chi connectivity index (χ3v) is 2.51. The zero-order valence-corrected chi connectivity index (χ0v) is 12.9. The van der Waals surface area contributed by atoms with E-state index in [1.807, 2.05) is 37.3 Å². The highest BCUT2D eigenvalue weighted by Gasteiger charge is 2.07. The number of aromatic nitrogens is 6. The van der Waals surface area contributed by atoms with Crippen molar-refractivity contribution in [2.45, 2.75) is 27.2 Å². The van der Waals surface area contributed by atoms with Crippen LogP contribution in [0.2, 0.25) is 0 Å². The molecule has 112 valence electrons. The van der Waals surface area contributed by atoms with E-state index in [4.69, 9.17) is 0 Å². The molecule has 0 spiro atoms. The van der Waals surface area contributed by atoms with E-state index in [1.165, 1.54) is 6.42 Å². The SMILES string of the molecule is CCC.Cc1ccc(-c2nnc(-c3ccccn3)nn2)nc1. The molecule has 0 fully saturated rings. The monoisotopic (exact) mass is 294 g/mol. The van der Waals surface area contributed by atoms with Gasteiger partial charge < -0.3 is 0 Å². The molecule has 3 rings (SSSR count). The molecule has 0 amide bonds. The van der Waals surface area contributed by atoms with Crippen LogP contribution in [0.5, 0.6) is 0 Å². The van der Waals surface area contributed by atoms with Gasteiger partial charge in [0, 0.05) is 12.4 Å². The van der Waals surface area contributed by atoms with Gasteiger partial charge in [-0.3, -0.25) is 9.97 Å². The highest BCUT2D eigenvalue weighted by atomic mass is 15.3. The Labute approximate surface area is 129 Å². The quantitative estimate of drug-likeness (QED) is 0.722. The summed E-state index contributed by atoms with van der Waals surface area (Å²) in [5.74, 6) is 0.802. The minimum atomic E-state index is 0.400. The summed E-state index contributed by atoms with van der Waals surface area (Å²) >= 11 is 0. The van der Waals surface area contributed by atoms with Crippen LogP contribution in [-0.2, 0) is 0 Å². The molecule has 0 saturated heterocycles. The van der Waals surface area contributed by atoms with Crippen molar-refractivity contribution in [1.29, 1.82) is 0 Å². The van der Waals surface area contributed by atoms with E-state index >= 15 is 0 Å². The van der Waals surface area contributed by atoms with Gasteiger partial charge in [0.2, 0.25) is 11.6 Å². The Kier molecular flexibility index (Phi) is 5.59. The Hall–Kier alpha value is -2.76. The first-order chi connectivity index (χ1) is 10.7. The lowest BCUT2D eigenvalue weighted by atomic mass is 10.3. The van der Waals surface area contributed by atoms with Gasteiger partial charge in [0.15, 0.2) is 0 Å². The third kappa shape index (κ3) is 4.12. The molecule has 6 nitrogen and oxygen atoms in total. The lowest BCUT2D eigenvalue weighted by Crippen LogP contribution is -2.01. The normalized spacial score (nSPS) is 9.77. The van der Waals surface area contributed by atoms with Crippen LogP contribution in [0.4, 0.5) is 0 Å². The molecule has 3 aromatic heterocycles. The first-order valence-electron chi connectivity index (χ1n) is 7.16. The summed E-state index contributed by atoms with van der Waals surface area (Å²) in [5.41, 5.74) is 2.37. The summed E-state index contributed by atoms with van der Waals surface area (Å²) in [5, 5.41) is 16.1. The summed E-state index contributed by atoms with van der Waals surface area (Å²) in [7, 11) is 0. The fourth-order valence-electron chi connectivity index (χ4n) is 1.53. The Bertz CT molecular complexity index is 680. The van der Waals surface area contributed by atoms with Crippen LogP contribution < -0.4 is 0 Å². The van der Waals surface area contributed by atoms with Gasteiger partial charge in [-0.1, -0.05) is 32.4 Å². The largest absolute Gasteiger partial charge is 0.253 e. The summed E-state index contributed by atoms with van der Waals surface area (Å²) in [6.07, 6.45) is 4.68. The van der Waals surface area contributed by atoms with Crippen LogP contribution in [0, 0.1) is 6.92 Å². The highest BCUT2D eigenvalue weighted by molar-refractivity contribution is 5.50. The number of hydrogen-bond acceptors (Lipinski definition) is 6. The third-order valence-electron chi connectivity index (χ3n) is 2.51. The molecule has 0 aliphatic carbocycles. The van der Waals surface area contributed by atoms with E-state index in [1.54, 1.807) is 12.4 Å². The van der Waals surface area contributed by atoms with Gasteiger partial charge in [0.1, 0.15) is 11.4 Å². The Morgan fingerprint density at radius 1 is 0.773 bits per heavy atom. The molecule has 0 saturated carbocycles. The van der Waals surface area contributed by atoms with Crippen LogP contribution in [0.15, 0.2) is 42.7 Å². The zero-order valence-electron chi connectivity index (χ0n) is 12.9. The van der Waals surface area contributed by atoms with E-state index in [-0.39, 0.29) is 0 Å². The molecule has 0 aliphatic heterocycles. The first-order valence-corrected chi connectivity index (χ1v) is 7.16. The summed E-state index contributed by atoms with van der Waals surface area (Å²) in [4.78, 5) is 8.37. The molecular formula is C16H18N6. The second-order valence-corrected chi connectivity index (χ2v) is 4.69. The Morgan fingerprint density at radius 3 is 1.82 bits per heavy atom. The molecule has 0 bridgehead atoms. The van der Waals surface area contributed by atoms with Crippen molar-refractivity contribution in [2.75, 3.05) is 0 Å². The second-order valence-electron chi connectivity index (χ2n) is 4.69. The molecule has 0 unspecified atom stereocenters. The summed E-state index contributed by atoms with van der Waals surface area (Å²) < 4.78 is 0. The van der Waals surface area contributed by atoms with Crippen molar-refractivity contribution in [1.82, 2.24) is 30.4 Å². The maximum absolute atomic E-state index is 4.23. The molecule has 0 atom stereocenters. The van der Waals surface area contributed by atoms with Crippen molar-refractivity contribution >= 4 is 0 Å². The average Bonchev–Trinajstić information content (AvgIpc) is 2.57. The van der Waals surface area contributed by atoms with Crippen molar-refractivity contribution < 1.29 is 0 Å². The van der Waals surface area contributed by atoms with Gasteiger partial charge in [0.25, 0.3) is 0 Å². The van der Waals surface area contributed by atoms with Crippen LogP contribution in [0.1, 0.15) is 25.8 Å². The molecule has 0 aromatic carbocycles. The van der Waals surface area contributed by atoms with Gasteiger partial charge >= 0.3 is 0 Å². The minimum Gasteiger partial charge on any atom is -0.253 e. The second kappa shape index (κ2) is 7.87. The van der Waals surface area contributed by atoms with E-state index < -0.39 is 0 Å². The molecule has 3 heterocycles. The van der Waals surface area contributed by atoms with Crippen molar-refractivity contribution in [2.24, 2.45) is 0 Å². The molecule has 6 heteroatoms. The van der Waals surface area contributed by atoms with Gasteiger partial charge in [-0.25, -0.2) is 0 Å². The van der Waals surface area contributed by atoms with Crippen LogP contribution >= 0.6 is 0 Å². The molecule has 0 aliphatic rings. The van der Waals surface area contributed by atoms with Gasteiger partial charge in [-0.05, 0) is 30.7 Å². The highest BCUT2D eigenvalue weighted by Crippen LogP contribution is 2.12. The standard InChI is InChI=1S/C13H10N6.C3H8/c1-9-5-6-11(15-8-9)13-18-16-12(17-19-13)10-4-2-3-7-14-10;1-3-2/h2-8H,1H3;3H2,1-2H3. The fourth-order valence-corrected chi connectivity index (χ4v) is 1.53. The smallest absolute Gasteiger partial charge is 0.221 e. The van der Waals surface area contributed by atoms with Crippen LogP contribution in [-0.4, -0.2) is 30.4 Å². The Balaban J connectivity index is 0.000000545. The Morgan fingerprint density at radius 2 is 1.36 bits per heavy atom. The molecular weight excluding hydrogens is 276 g/mol. The maximum Gasteiger partial charge on any atom is 0.221 e. The van der Waals surface area contributed by atoms with E-state index in [0.29, 0.717) is 23.0 Å². The van der Waals surface area contributed by atoms with Gasteiger partial charge in [0.05, 0.1) is 0 Å². The summed E-state index contributed by atoms with van der Waals surface area (Å²) in [6.45, 7) is 6.22. The average molecular weight is 294 g/mol. The molecule has 3 aromatic rings.